The standard InChI is InChI=1S/C20H26N2O3S/c1-4-18-19(26-14(2)21-18)20(23)22-11-5-6-15(12-22)13-25-17-9-7-16(24-3)8-10-17/h7-10,15H,4-6,11-13H2,1-3H3/t15-/m1/s1. The number of benzene rings is 1. The average molecular weight is 375 g/mol. The van der Waals surface area contributed by atoms with Gasteiger partial charge in [-0.2, -0.15) is 0 Å². The molecule has 0 aliphatic carbocycles. The van der Waals surface area contributed by atoms with Gasteiger partial charge in [-0.1, -0.05) is 6.92 Å². The van der Waals surface area contributed by atoms with Crippen LogP contribution in [0.15, 0.2) is 24.3 Å². The third-order valence-electron chi connectivity index (χ3n) is 4.68. The van der Waals surface area contributed by atoms with E-state index in [1.165, 1.54) is 11.3 Å². The van der Waals surface area contributed by atoms with Crippen molar-refractivity contribution in [2.75, 3.05) is 26.8 Å². The molecule has 1 aromatic carbocycles. The summed E-state index contributed by atoms with van der Waals surface area (Å²) in [6, 6.07) is 7.62. The van der Waals surface area contributed by atoms with Gasteiger partial charge in [0.2, 0.25) is 0 Å². The van der Waals surface area contributed by atoms with Gasteiger partial charge in [0.1, 0.15) is 16.4 Å². The minimum atomic E-state index is 0.126. The fourth-order valence-electron chi connectivity index (χ4n) is 3.29. The van der Waals surface area contributed by atoms with E-state index >= 15 is 0 Å². The molecule has 26 heavy (non-hydrogen) atoms. The number of carbonyl (C=O) groups excluding carboxylic acids is 1. The molecule has 1 saturated heterocycles. The summed E-state index contributed by atoms with van der Waals surface area (Å²) in [6.45, 7) is 6.20. The Morgan fingerprint density at radius 1 is 1.31 bits per heavy atom. The number of hydrogen-bond donors (Lipinski definition) is 0. The molecule has 0 unspecified atom stereocenters. The van der Waals surface area contributed by atoms with E-state index in [9.17, 15) is 4.79 Å². The van der Waals surface area contributed by atoms with Gasteiger partial charge in [0.15, 0.2) is 0 Å². The lowest BCUT2D eigenvalue weighted by Crippen LogP contribution is -2.41. The third-order valence-corrected chi connectivity index (χ3v) is 5.69. The number of aromatic nitrogens is 1. The van der Waals surface area contributed by atoms with Crippen molar-refractivity contribution in [2.45, 2.75) is 33.1 Å². The number of methoxy groups -OCH3 is 1. The maximum absolute atomic E-state index is 12.9. The predicted octanol–water partition coefficient (Wildman–Crippen LogP) is 3.95. The molecule has 1 aliphatic heterocycles. The Morgan fingerprint density at radius 2 is 2.04 bits per heavy atom. The van der Waals surface area contributed by atoms with Crippen molar-refractivity contribution in [3.8, 4) is 11.5 Å². The van der Waals surface area contributed by atoms with Gasteiger partial charge in [0.25, 0.3) is 5.91 Å². The van der Waals surface area contributed by atoms with Crippen LogP contribution in [0.4, 0.5) is 0 Å². The number of aryl methyl sites for hydroxylation is 2. The molecule has 0 bridgehead atoms. The highest BCUT2D eigenvalue weighted by atomic mass is 32.1. The van der Waals surface area contributed by atoms with Crippen LogP contribution in [-0.4, -0.2) is 42.6 Å². The van der Waals surface area contributed by atoms with E-state index in [-0.39, 0.29) is 5.91 Å². The molecule has 6 heteroatoms. The van der Waals surface area contributed by atoms with E-state index in [4.69, 9.17) is 9.47 Å². The van der Waals surface area contributed by atoms with Crippen LogP contribution in [-0.2, 0) is 6.42 Å². The fourth-order valence-corrected chi connectivity index (χ4v) is 4.27. The topological polar surface area (TPSA) is 51.7 Å². The molecule has 1 fully saturated rings. The molecular formula is C20H26N2O3S. The molecule has 140 valence electrons. The lowest BCUT2D eigenvalue weighted by molar-refractivity contribution is 0.0637. The Labute approximate surface area is 159 Å². The molecule has 1 atom stereocenters. The van der Waals surface area contributed by atoms with Gasteiger partial charge in [0, 0.05) is 19.0 Å². The van der Waals surface area contributed by atoms with Crippen molar-refractivity contribution in [3.63, 3.8) is 0 Å². The number of ether oxygens (including phenoxy) is 2. The number of amides is 1. The van der Waals surface area contributed by atoms with E-state index < -0.39 is 0 Å². The zero-order chi connectivity index (χ0) is 18.5. The number of thiazole rings is 1. The maximum atomic E-state index is 12.9. The van der Waals surface area contributed by atoms with E-state index in [0.29, 0.717) is 12.5 Å². The molecule has 0 spiro atoms. The number of hydrogen-bond acceptors (Lipinski definition) is 5. The minimum Gasteiger partial charge on any atom is -0.497 e. The van der Waals surface area contributed by atoms with Crippen LogP contribution >= 0.6 is 11.3 Å². The van der Waals surface area contributed by atoms with Crippen LogP contribution in [0, 0.1) is 12.8 Å². The van der Waals surface area contributed by atoms with Crippen LogP contribution in [0.3, 0.4) is 0 Å². The van der Waals surface area contributed by atoms with Crippen LogP contribution in [0.5, 0.6) is 11.5 Å². The Kier molecular flexibility index (Phi) is 6.14. The fraction of sp³-hybridized carbons (Fsp3) is 0.500. The van der Waals surface area contributed by atoms with Crippen LogP contribution in [0.2, 0.25) is 0 Å². The Balaban J connectivity index is 1.58. The van der Waals surface area contributed by atoms with Gasteiger partial charge >= 0.3 is 0 Å². The quantitative estimate of drug-likeness (QED) is 0.768. The second kappa shape index (κ2) is 8.54. The van der Waals surface area contributed by atoms with Gasteiger partial charge in [-0.05, 0) is 50.5 Å². The third kappa shape index (κ3) is 4.36. The summed E-state index contributed by atoms with van der Waals surface area (Å²) in [4.78, 5) is 20.2. The zero-order valence-corrected chi connectivity index (χ0v) is 16.5. The molecule has 2 aromatic rings. The highest BCUT2D eigenvalue weighted by molar-refractivity contribution is 7.13. The molecule has 1 amide bonds. The number of rotatable bonds is 6. The van der Waals surface area contributed by atoms with Crippen molar-refractivity contribution < 1.29 is 14.3 Å². The predicted molar refractivity (Wildman–Crippen MR) is 103 cm³/mol. The first-order valence-corrected chi connectivity index (χ1v) is 9.94. The van der Waals surface area contributed by atoms with Crippen molar-refractivity contribution >= 4 is 17.2 Å². The van der Waals surface area contributed by atoms with Gasteiger partial charge < -0.3 is 14.4 Å². The summed E-state index contributed by atoms with van der Waals surface area (Å²) >= 11 is 1.51. The summed E-state index contributed by atoms with van der Waals surface area (Å²) < 4.78 is 11.1. The zero-order valence-electron chi connectivity index (χ0n) is 15.7. The van der Waals surface area contributed by atoms with Crippen molar-refractivity contribution in [3.05, 3.63) is 39.8 Å². The largest absolute Gasteiger partial charge is 0.497 e. The first-order chi connectivity index (χ1) is 12.6. The monoisotopic (exact) mass is 374 g/mol. The number of carbonyl (C=O) groups is 1. The number of likely N-dealkylation sites (tertiary alicyclic amines) is 1. The van der Waals surface area contributed by atoms with Gasteiger partial charge in [-0.3, -0.25) is 4.79 Å². The number of piperidine rings is 1. The normalized spacial score (nSPS) is 17.2. The van der Waals surface area contributed by atoms with Gasteiger partial charge in [-0.15, -0.1) is 11.3 Å². The second-order valence-corrected chi connectivity index (χ2v) is 7.81. The first kappa shape index (κ1) is 18.7. The smallest absolute Gasteiger partial charge is 0.265 e. The molecule has 0 saturated carbocycles. The summed E-state index contributed by atoms with van der Waals surface area (Å²) in [6.07, 6.45) is 2.90. The van der Waals surface area contributed by atoms with Crippen molar-refractivity contribution in [2.24, 2.45) is 5.92 Å². The summed E-state index contributed by atoms with van der Waals surface area (Å²) in [5.74, 6) is 2.13. The van der Waals surface area contributed by atoms with Crippen LogP contribution < -0.4 is 9.47 Å². The minimum absolute atomic E-state index is 0.126. The molecule has 2 heterocycles. The van der Waals surface area contributed by atoms with Gasteiger partial charge in [-0.25, -0.2) is 4.98 Å². The summed E-state index contributed by atoms with van der Waals surface area (Å²) in [5, 5.41) is 0.960. The lowest BCUT2D eigenvalue weighted by atomic mass is 9.98. The lowest BCUT2D eigenvalue weighted by Gasteiger charge is -2.32. The molecule has 0 radical (unpaired) electrons. The Morgan fingerprint density at radius 3 is 2.73 bits per heavy atom. The van der Waals surface area contributed by atoms with Crippen molar-refractivity contribution in [1.82, 2.24) is 9.88 Å². The SMILES string of the molecule is CCc1nc(C)sc1C(=O)N1CCC[C@@H](COc2ccc(OC)cc2)C1. The summed E-state index contributed by atoms with van der Waals surface area (Å²) in [7, 11) is 1.65. The second-order valence-electron chi connectivity index (χ2n) is 6.61. The highest BCUT2D eigenvalue weighted by Crippen LogP contribution is 2.25. The molecular weight excluding hydrogens is 348 g/mol. The molecule has 1 aromatic heterocycles. The maximum Gasteiger partial charge on any atom is 0.265 e. The van der Waals surface area contributed by atoms with E-state index in [1.807, 2.05) is 43.0 Å². The highest BCUT2D eigenvalue weighted by Gasteiger charge is 2.27. The average Bonchev–Trinajstić information content (AvgIpc) is 3.07. The first-order valence-electron chi connectivity index (χ1n) is 9.13. The van der Waals surface area contributed by atoms with E-state index in [1.54, 1.807) is 7.11 Å². The molecule has 0 N–H and O–H groups in total. The summed E-state index contributed by atoms with van der Waals surface area (Å²) in [5.41, 5.74) is 0.925. The van der Waals surface area contributed by atoms with E-state index in [2.05, 4.69) is 4.98 Å². The molecule has 3 rings (SSSR count). The molecule has 5 nitrogen and oxygen atoms in total. The Hall–Kier alpha value is -2.08. The molecule has 1 aliphatic rings. The van der Waals surface area contributed by atoms with Crippen molar-refractivity contribution in [1.29, 1.82) is 0 Å². The Bertz CT molecular complexity index is 742. The van der Waals surface area contributed by atoms with Gasteiger partial charge in [0.05, 0.1) is 24.4 Å². The van der Waals surface area contributed by atoms with E-state index in [0.717, 1.165) is 59.4 Å². The number of nitrogens with zero attached hydrogens (tertiary/aromatic N) is 2. The van der Waals surface area contributed by atoms with Crippen LogP contribution in [0.25, 0.3) is 0 Å². The van der Waals surface area contributed by atoms with Crippen LogP contribution in [0.1, 0.15) is 40.1 Å².